The highest BCUT2D eigenvalue weighted by atomic mass is 15.0. The van der Waals surface area contributed by atoms with Crippen LogP contribution in [-0.4, -0.2) is 32.7 Å². The molecule has 5 heteroatoms. The van der Waals surface area contributed by atoms with Gasteiger partial charge in [-0.25, -0.2) is 0 Å². The van der Waals surface area contributed by atoms with Gasteiger partial charge in [0.2, 0.25) is 0 Å². The topological polar surface area (TPSA) is 9.86 Å². The minimum Gasteiger partial charge on any atom is -0.310 e. The van der Waals surface area contributed by atoms with E-state index in [0.717, 1.165) is 99.5 Å². The van der Waals surface area contributed by atoms with Crippen LogP contribution >= 0.6 is 0 Å². The molecule has 59 heavy (non-hydrogen) atoms. The zero-order valence-electron chi connectivity index (χ0n) is 32.2. The Labute approximate surface area is 347 Å². The quantitative estimate of drug-likeness (QED) is 0.150. The molecular weight excluding hydrogens is 709 g/mol. The summed E-state index contributed by atoms with van der Waals surface area (Å²) in [5.41, 5.74) is 15.9. The lowest BCUT2D eigenvalue weighted by atomic mass is 9.69. The summed E-state index contributed by atoms with van der Waals surface area (Å²) in [4.78, 5) is 0. The van der Waals surface area contributed by atoms with Crippen molar-refractivity contribution < 1.29 is 0 Å². The summed E-state index contributed by atoms with van der Waals surface area (Å²) in [6.45, 7) is 0. The van der Waals surface area contributed by atoms with Gasteiger partial charge in [-0.3, -0.25) is 0 Å². The Morgan fingerprint density at radius 2 is 0.780 bits per heavy atom. The number of hydrogen-bond donors (Lipinski definition) is 0. The van der Waals surface area contributed by atoms with Gasteiger partial charge in [-0.15, -0.1) is 0 Å². The number of para-hydroxylation sites is 2. The first kappa shape index (κ1) is 35.0. The average molecular weight is 742 g/mol. The van der Waals surface area contributed by atoms with E-state index in [4.69, 9.17) is 23.5 Å². The van der Waals surface area contributed by atoms with Gasteiger partial charge in [0.05, 0.1) is 16.6 Å². The van der Waals surface area contributed by atoms with Crippen molar-refractivity contribution in [3.63, 3.8) is 0 Å². The Morgan fingerprint density at radius 3 is 1.41 bits per heavy atom. The van der Waals surface area contributed by atoms with E-state index in [2.05, 4.69) is 185 Å². The summed E-state index contributed by atoms with van der Waals surface area (Å²) < 4.78 is 4.56. The van der Waals surface area contributed by atoms with Crippen molar-refractivity contribution in [2.24, 2.45) is 0 Å². The zero-order chi connectivity index (χ0) is 39.6. The summed E-state index contributed by atoms with van der Waals surface area (Å²) in [6.07, 6.45) is 0. The van der Waals surface area contributed by atoms with Crippen LogP contribution in [0.5, 0.6) is 0 Å². The minimum absolute atomic E-state index is 0.455. The highest BCUT2D eigenvalue weighted by Gasteiger charge is 2.23. The van der Waals surface area contributed by atoms with Crippen LogP contribution in [0.3, 0.4) is 0 Å². The molecule has 0 aliphatic heterocycles. The first-order valence-corrected chi connectivity index (χ1v) is 19.9. The maximum absolute atomic E-state index is 7.51. The predicted molar refractivity (Wildman–Crippen MR) is 253 cm³/mol. The minimum atomic E-state index is 0.455. The van der Waals surface area contributed by atoms with Gasteiger partial charge in [0.15, 0.2) is 0 Å². The third kappa shape index (κ3) is 5.68. The highest BCUT2D eigenvalue weighted by molar-refractivity contribution is 6.60. The summed E-state index contributed by atoms with van der Waals surface area (Å²) in [5, 5.41) is 4.13. The molecule has 11 aromatic rings. The molecule has 0 bridgehead atoms. The van der Waals surface area contributed by atoms with Crippen molar-refractivity contribution in [1.29, 1.82) is 0 Å². The van der Waals surface area contributed by atoms with E-state index < -0.39 is 0 Å². The van der Waals surface area contributed by atoms with Crippen LogP contribution in [0.1, 0.15) is 0 Å². The molecule has 2 heterocycles. The van der Waals surface area contributed by atoms with Gasteiger partial charge >= 0.3 is 0 Å². The van der Waals surface area contributed by atoms with Crippen molar-refractivity contribution in [1.82, 2.24) is 9.13 Å². The van der Waals surface area contributed by atoms with E-state index >= 15 is 0 Å². The van der Waals surface area contributed by atoms with Gasteiger partial charge in [-0.2, -0.15) is 0 Å². The molecule has 0 atom stereocenters. The summed E-state index contributed by atoms with van der Waals surface area (Å²) in [7, 11) is 22.1. The Bertz CT molecular complexity index is 3330. The number of benzene rings is 9. The van der Waals surface area contributed by atoms with E-state index in [1.807, 2.05) is 24.3 Å². The molecule has 2 aromatic heterocycles. The molecule has 0 saturated carbocycles. The van der Waals surface area contributed by atoms with Crippen LogP contribution in [0.15, 0.2) is 200 Å². The van der Waals surface area contributed by atoms with Crippen LogP contribution in [0, 0.1) is 0 Å². The zero-order valence-corrected chi connectivity index (χ0v) is 32.2. The fourth-order valence-electron chi connectivity index (χ4n) is 9.06. The smallest absolute Gasteiger partial charge is 0.115 e. The van der Waals surface area contributed by atoms with Crippen molar-refractivity contribution in [2.75, 3.05) is 0 Å². The van der Waals surface area contributed by atoms with E-state index in [1.54, 1.807) is 0 Å². The molecule has 268 valence electrons. The monoisotopic (exact) mass is 742 g/mol. The molecule has 6 radical (unpaired) electrons. The number of aromatic nitrogens is 2. The van der Waals surface area contributed by atoms with Crippen LogP contribution in [0.25, 0.3) is 99.5 Å². The Balaban J connectivity index is 1.21. The molecule has 11 rings (SSSR count). The molecule has 2 nitrogen and oxygen atoms in total. The average Bonchev–Trinajstić information content (AvgIpc) is 3.82. The van der Waals surface area contributed by atoms with Gasteiger partial charge in [0, 0.05) is 38.4 Å². The van der Waals surface area contributed by atoms with Gasteiger partial charge in [-0.05, 0) is 105 Å². The summed E-state index contributed by atoms with van der Waals surface area (Å²) in [6, 6.07) is 70.3. The van der Waals surface area contributed by atoms with E-state index in [1.165, 1.54) is 0 Å². The lowest BCUT2D eigenvalue weighted by Crippen LogP contribution is -2.35. The molecule has 0 unspecified atom stereocenters. The maximum Gasteiger partial charge on any atom is 0.115 e. The second-order valence-corrected chi connectivity index (χ2v) is 15.2. The van der Waals surface area contributed by atoms with Gasteiger partial charge in [0.1, 0.15) is 23.5 Å². The van der Waals surface area contributed by atoms with Crippen molar-refractivity contribution >= 4 is 83.5 Å². The largest absolute Gasteiger partial charge is 0.310 e. The SMILES string of the molecule is [B]c1c(-c2ccc3c(c2)c2ccccc2n3-c2ccccc2)c([B])c2c3cc(-c4ccccc4)ccc3n(-c3cc(-c4ccccc4)cc(-c4ccccc4)c3)c2c1[B]. The van der Waals surface area contributed by atoms with Crippen molar-refractivity contribution in [3.8, 4) is 55.9 Å². The molecule has 0 aliphatic rings. The van der Waals surface area contributed by atoms with Crippen LogP contribution in [0.4, 0.5) is 0 Å². The number of fused-ring (bicyclic) bond motifs is 6. The Kier molecular flexibility index (Phi) is 8.30. The van der Waals surface area contributed by atoms with Gasteiger partial charge in [-0.1, -0.05) is 156 Å². The third-order valence-electron chi connectivity index (χ3n) is 11.8. The fraction of sp³-hybridized carbons (Fsp3) is 0. The van der Waals surface area contributed by atoms with Crippen LogP contribution in [0.2, 0.25) is 0 Å². The predicted octanol–water partition coefficient (Wildman–Crippen LogP) is 10.9. The molecule has 9 aromatic carbocycles. The Morgan fingerprint density at radius 1 is 0.288 bits per heavy atom. The number of rotatable bonds is 6. The molecule has 0 saturated heterocycles. The van der Waals surface area contributed by atoms with Crippen LogP contribution < -0.4 is 16.4 Å². The normalized spacial score (nSPS) is 11.6. The molecule has 0 N–H and O–H groups in total. The molecule has 0 fully saturated rings. The van der Waals surface area contributed by atoms with Crippen LogP contribution in [-0.2, 0) is 0 Å². The first-order chi connectivity index (χ1) is 29.0. The lowest BCUT2D eigenvalue weighted by Gasteiger charge is -2.20. The first-order valence-electron chi connectivity index (χ1n) is 19.9. The highest BCUT2D eigenvalue weighted by Crippen LogP contribution is 2.39. The standard InChI is InChI=1S/C54H33B3N2/c55-51-49(38-26-28-47-44(33-38)43-23-13-14-24-46(43)58(47)41-21-11-4-12-22-41)52(56)53(57)54-50(51)45-32-37(34-15-5-1-6-16-34)25-27-48(45)59(54)42-30-39(35-17-7-2-8-18-35)29-40(31-42)36-19-9-3-10-20-36/h1-33H. The third-order valence-corrected chi connectivity index (χ3v) is 11.8. The molecular formula is C54H33B3N2. The van der Waals surface area contributed by atoms with Crippen molar-refractivity contribution in [3.05, 3.63) is 200 Å². The second kappa shape index (κ2) is 14.0. The lowest BCUT2D eigenvalue weighted by molar-refractivity contribution is 1.18. The second-order valence-electron chi connectivity index (χ2n) is 15.2. The Hall–Kier alpha value is -7.23. The molecule has 0 spiro atoms. The fourth-order valence-corrected chi connectivity index (χ4v) is 9.06. The number of hydrogen-bond acceptors (Lipinski definition) is 0. The summed E-state index contributed by atoms with van der Waals surface area (Å²) in [5.74, 6) is 0. The van der Waals surface area contributed by atoms with Crippen molar-refractivity contribution in [2.45, 2.75) is 0 Å². The van der Waals surface area contributed by atoms with E-state index in [9.17, 15) is 0 Å². The van der Waals surface area contributed by atoms with Gasteiger partial charge < -0.3 is 9.13 Å². The summed E-state index contributed by atoms with van der Waals surface area (Å²) >= 11 is 0. The van der Waals surface area contributed by atoms with E-state index in [0.29, 0.717) is 16.4 Å². The maximum atomic E-state index is 7.51. The number of nitrogens with zero attached hydrogens (tertiary/aromatic N) is 2. The molecule has 0 amide bonds. The van der Waals surface area contributed by atoms with E-state index in [-0.39, 0.29) is 0 Å². The molecule has 0 aliphatic carbocycles. The van der Waals surface area contributed by atoms with Gasteiger partial charge in [0.25, 0.3) is 0 Å².